The lowest BCUT2D eigenvalue weighted by atomic mass is 10.1. The second-order valence-electron chi connectivity index (χ2n) is 8.01. The van der Waals surface area contributed by atoms with Gasteiger partial charge in [0, 0.05) is 23.0 Å². The van der Waals surface area contributed by atoms with Gasteiger partial charge in [-0.15, -0.1) is 22.7 Å². The van der Waals surface area contributed by atoms with E-state index in [0.717, 1.165) is 26.7 Å². The zero-order valence-electron chi connectivity index (χ0n) is 17.3. The number of primary sulfonamides is 1. The summed E-state index contributed by atoms with van der Waals surface area (Å²) in [4.78, 5) is 17.8. The van der Waals surface area contributed by atoms with Crippen molar-refractivity contribution in [1.29, 1.82) is 0 Å². The van der Waals surface area contributed by atoms with Crippen LogP contribution in [0.5, 0.6) is 0 Å². The van der Waals surface area contributed by atoms with Gasteiger partial charge in [0.15, 0.2) is 0 Å². The summed E-state index contributed by atoms with van der Waals surface area (Å²) in [6.07, 6.45) is 1.35. The lowest BCUT2D eigenvalue weighted by Gasteiger charge is -2.28. The highest BCUT2D eigenvalue weighted by molar-refractivity contribution is 7.89. The first-order chi connectivity index (χ1) is 15.3. The summed E-state index contributed by atoms with van der Waals surface area (Å²) in [6, 6.07) is 12.9. The van der Waals surface area contributed by atoms with Crippen LogP contribution in [0.4, 0.5) is 5.69 Å². The fourth-order valence-electron chi connectivity index (χ4n) is 4.34. The summed E-state index contributed by atoms with van der Waals surface area (Å²) in [5.41, 5.74) is 2.68. The van der Waals surface area contributed by atoms with E-state index in [0.29, 0.717) is 12.8 Å². The summed E-state index contributed by atoms with van der Waals surface area (Å²) in [7, 11) is -3.76. The molecule has 0 bridgehead atoms. The molecule has 3 aromatic rings. The van der Waals surface area contributed by atoms with Gasteiger partial charge in [0.1, 0.15) is 0 Å². The van der Waals surface area contributed by atoms with E-state index in [9.17, 15) is 13.2 Å². The summed E-state index contributed by atoms with van der Waals surface area (Å²) in [5, 5.41) is 15.7. The van der Waals surface area contributed by atoms with Crippen LogP contribution in [0.25, 0.3) is 0 Å². The lowest BCUT2D eigenvalue weighted by Crippen LogP contribution is -2.40. The SMILES string of the molecule is C[C@@H]1Cc2cc(S(N)(=O)=O)ccc2N1CC(=O)N1N=C(c2cccs2)C[C@H]1c1cccs1. The molecule has 0 fully saturated rings. The van der Waals surface area contributed by atoms with Crippen molar-refractivity contribution in [2.45, 2.75) is 36.7 Å². The molecule has 7 nitrogen and oxygen atoms in total. The average molecular weight is 487 g/mol. The topological polar surface area (TPSA) is 96.1 Å². The number of rotatable bonds is 5. The molecule has 0 saturated heterocycles. The smallest absolute Gasteiger partial charge is 0.262 e. The maximum atomic E-state index is 13.5. The Labute approximate surface area is 194 Å². The van der Waals surface area contributed by atoms with E-state index in [1.54, 1.807) is 39.8 Å². The number of hydrogen-bond donors (Lipinski definition) is 1. The zero-order valence-corrected chi connectivity index (χ0v) is 19.8. The molecule has 2 aliphatic rings. The highest BCUT2D eigenvalue weighted by atomic mass is 32.2. The number of carbonyl (C=O) groups is 1. The van der Waals surface area contributed by atoms with Crippen LogP contribution in [0.1, 0.15) is 34.7 Å². The third-order valence-electron chi connectivity index (χ3n) is 5.89. The molecule has 166 valence electrons. The van der Waals surface area contributed by atoms with E-state index in [4.69, 9.17) is 10.2 Å². The van der Waals surface area contributed by atoms with Crippen LogP contribution in [0.2, 0.25) is 0 Å². The van der Waals surface area contributed by atoms with Crippen LogP contribution >= 0.6 is 22.7 Å². The Bertz CT molecular complexity index is 1280. The quantitative estimate of drug-likeness (QED) is 0.596. The van der Waals surface area contributed by atoms with Gasteiger partial charge in [-0.05, 0) is 60.0 Å². The van der Waals surface area contributed by atoms with E-state index >= 15 is 0 Å². The number of hydrogen-bond acceptors (Lipinski definition) is 7. The highest BCUT2D eigenvalue weighted by Crippen LogP contribution is 2.38. The molecule has 0 radical (unpaired) electrons. The van der Waals surface area contributed by atoms with Crippen LogP contribution in [-0.2, 0) is 21.2 Å². The van der Waals surface area contributed by atoms with Crippen LogP contribution in [0.3, 0.4) is 0 Å². The third kappa shape index (κ3) is 3.88. The van der Waals surface area contributed by atoms with E-state index in [2.05, 4.69) is 0 Å². The molecule has 0 unspecified atom stereocenters. The molecule has 0 aliphatic carbocycles. The van der Waals surface area contributed by atoms with Gasteiger partial charge in [0.2, 0.25) is 10.0 Å². The maximum Gasteiger partial charge on any atom is 0.262 e. The van der Waals surface area contributed by atoms with Crippen molar-refractivity contribution < 1.29 is 13.2 Å². The van der Waals surface area contributed by atoms with E-state index < -0.39 is 10.0 Å². The number of nitrogens with two attached hydrogens (primary N) is 1. The predicted octanol–water partition coefficient (Wildman–Crippen LogP) is 3.59. The van der Waals surface area contributed by atoms with Gasteiger partial charge in [-0.2, -0.15) is 5.10 Å². The molecule has 2 aliphatic heterocycles. The molecule has 2 aromatic heterocycles. The Morgan fingerprint density at radius 3 is 2.62 bits per heavy atom. The van der Waals surface area contributed by atoms with Gasteiger partial charge >= 0.3 is 0 Å². The minimum absolute atomic E-state index is 0.0632. The normalized spacial score (nSPS) is 20.5. The average Bonchev–Trinajstić information content (AvgIpc) is 3.53. The molecule has 1 amide bonds. The number of anilines is 1. The number of hydrazone groups is 1. The molecular weight excluding hydrogens is 464 g/mol. The molecule has 5 rings (SSSR count). The van der Waals surface area contributed by atoms with Crippen LogP contribution < -0.4 is 10.0 Å². The summed E-state index contributed by atoms with van der Waals surface area (Å²) >= 11 is 3.26. The number of fused-ring (bicyclic) bond motifs is 1. The van der Waals surface area contributed by atoms with Crippen LogP contribution in [0, 0.1) is 0 Å². The Kier molecular flexibility index (Phi) is 5.40. The zero-order chi connectivity index (χ0) is 22.5. The maximum absolute atomic E-state index is 13.5. The van der Waals surface area contributed by atoms with Gasteiger partial charge in [-0.1, -0.05) is 12.1 Å². The van der Waals surface area contributed by atoms with Gasteiger partial charge < -0.3 is 4.90 Å². The standard InChI is InChI=1S/C22H22N4O3S3/c1-14-10-15-11-16(32(23,28)29)6-7-18(15)25(14)13-22(27)26-19(21-5-3-9-31-21)12-17(24-26)20-4-2-8-30-20/h2-9,11,14,19H,10,12-13H2,1H3,(H2,23,28,29)/t14-,19+/m1/s1. The predicted molar refractivity (Wildman–Crippen MR) is 128 cm³/mol. The number of amides is 1. The monoisotopic (exact) mass is 486 g/mol. The molecule has 4 heterocycles. The van der Waals surface area contributed by atoms with E-state index in [1.807, 2.05) is 46.8 Å². The fourth-order valence-corrected chi connectivity index (χ4v) is 6.44. The second-order valence-corrected chi connectivity index (χ2v) is 11.5. The summed E-state index contributed by atoms with van der Waals surface area (Å²) in [6.45, 7) is 2.21. The van der Waals surface area contributed by atoms with E-state index in [-0.39, 0.29) is 29.4 Å². The highest BCUT2D eigenvalue weighted by Gasteiger charge is 2.36. The molecule has 32 heavy (non-hydrogen) atoms. The van der Waals surface area contributed by atoms with Crippen molar-refractivity contribution in [1.82, 2.24) is 5.01 Å². The molecule has 2 atom stereocenters. The summed E-state index contributed by atoms with van der Waals surface area (Å²) < 4.78 is 23.4. The Morgan fingerprint density at radius 1 is 1.16 bits per heavy atom. The van der Waals surface area contributed by atoms with Gasteiger partial charge in [-0.3, -0.25) is 4.79 Å². The minimum Gasteiger partial charge on any atom is -0.359 e. The molecular formula is C22H22N4O3S3. The lowest BCUT2D eigenvalue weighted by molar-refractivity contribution is -0.131. The first kappa shape index (κ1) is 21.3. The van der Waals surface area contributed by atoms with Gasteiger partial charge in [0.05, 0.1) is 28.1 Å². The first-order valence-electron chi connectivity index (χ1n) is 10.2. The van der Waals surface area contributed by atoms with Gasteiger partial charge in [0.25, 0.3) is 5.91 Å². The molecule has 10 heteroatoms. The van der Waals surface area contributed by atoms with Crippen LogP contribution in [-0.4, -0.2) is 37.6 Å². The molecule has 0 spiro atoms. The van der Waals surface area contributed by atoms with Gasteiger partial charge in [-0.25, -0.2) is 18.6 Å². The minimum atomic E-state index is -3.76. The molecule has 1 aromatic carbocycles. The molecule has 0 saturated carbocycles. The van der Waals surface area contributed by atoms with Crippen molar-refractivity contribution >= 4 is 50.0 Å². The van der Waals surface area contributed by atoms with Crippen molar-refractivity contribution in [3.8, 4) is 0 Å². The van der Waals surface area contributed by atoms with Crippen molar-refractivity contribution in [3.63, 3.8) is 0 Å². The van der Waals surface area contributed by atoms with Crippen molar-refractivity contribution in [2.75, 3.05) is 11.4 Å². The first-order valence-corrected chi connectivity index (χ1v) is 13.5. The Morgan fingerprint density at radius 2 is 1.94 bits per heavy atom. The number of nitrogens with zero attached hydrogens (tertiary/aromatic N) is 3. The number of carbonyl (C=O) groups excluding carboxylic acids is 1. The van der Waals surface area contributed by atoms with Crippen LogP contribution in [0.15, 0.2) is 63.2 Å². The Hall–Kier alpha value is -2.53. The largest absolute Gasteiger partial charge is 0.359 e. The fraction of sp³-hybridized carbons (Fsp3) is 0.273. The number of sulfonamides is 1. The number of benzene rings is 1. The molecule has 2 N–H and O–H groups in total. The summed E-state index contributed by atoms with van der Waals surface area (Å²) in [5.74, 6) is -0.0785. The number of thiophene rings is 2. The second kappa shape index (κ2) is 8.11. The third-order valence-corrected chi connectivity index (χ3v) is 8.69. The van der Waals surface area contributed by atoms with E-state index in [1.165, 1.54) is 6.07 Å². The van der Waals surface area contributed by atoms with Crippen molar-refractivity contribution in [2.24, 2.45) is 10.2 Å². The van der Waals surface area contributed by atoms with Crippen molar-refractivity contribution in [3.05, 3.63) is 68.5 Å². The Balaban J connectivity index is 1.42.